The van der Waals surface area contributed by atoms with E-state index in [0.29, 0.717) is 24.6 Å². The molecule has 0 aliphatic carbocycles. The molecule has 10 nitrogen and oxygen atoms in total. The highest BCUT2D eigenvalue weighted by molar-refractivity contribution is 5.98. The second-order valence-electron chi connectivity index (χ2n) is 8.88. The third-order valence-electron chi connectivity index (χ3n) is 6.48. The van der Waals surface area contributed by atoms with Crippen LogP contribution in [0.3, 0.4) is 0 Å². The van der Waals surface area contributed by atoms with E-state index in [4.69, 9.17) is 19.2 Å². The monoisotopic (exact) mass is 501 g/mol. The Balaban J connectivity index is 1.44. The van der Waals surface area contributed by atoms with Gasteiger partial charge in [0.2, 0.25) is 6.79 Å². The van der Waals surface area contributed by atoms with Gasteiger partial charge in [0.15, 0.2) is 11.5 Å². The number of aromatic nitrogens is 2. The Morgan fingerprint density at radius 3 is 2.73 bits per heavy atom. The first-order valence-electron chi connectivity index (χ1n) is 12.1. The number of rotatable bonds is 6. The molecule has 0 spiro atoms. The van der Waals surface area contributed by atoms with E-state index >= 15 is 0 Å². The van der Waals surface area contributed by atoms with E-state index < -0.39 is 5.97 Å². The number of nitrogens with zero attached hydrogens (tertiary/aromatic N) is 5. The number of ether oxygens (including phenoxy) is 3. The molecule has 4 heterocycles. The molecule has 2 aromatic heterocycles. The summed E-state index contributed by atoms with van der Waals surface area (Å²) in [5, 5.41) is 9.58. The summed E-state index contributed by atoms with van der Waals surface area (Å²) in [6.07, 6.45) is 2.94. The van der Waals surface area contributed by atoms with E-state index in [1.807, 2.05) is 42.2 Å². The van der Waals surface area contributed by atoms with E-state index in [-0.39, 0.29) is 30.1 Å². The lowest BCUT2D eigenvalue weighted by atomic mass is 10.1. The molecule has 1 saturated heterocycles. The van der Waals surface area contributed by atoms with Crippen molar-refractivity contribution < 1.29 is 19.0 Å². The Kier molecular flexibility index (Phi) is 6.79. The molecule has 0 amide bonds. The van der Waals surface area contributed by atoms with E-state index in [1.54, 1.807) is 19.2 Å². The van der Waals surface area contributed by atoms with E-state index in [0.717, 1.165) is 42.3 Å². The topological polar surface area (TPSA) is 109 Å². The molecule has 0 saturated carbocycles. The summed E-state index contributed by atoms with van der Waals surface area (Å²) in [4.78, 5) is 35.0. The second kappa shape index (κ2) is 10.3. The first kappa shape index (κ1) is 24.3. The molecule has 0 atom stereocenters. The summed E-state index contributed by atoms with van der Waals surface area (Å²) in [5.41, 5.74) is 2.13. The molecule has 37 heavy (non-hydrogen) atoms. The maximum atomic E-state index is 13.5. The van der Waals surface area contributed by atoms with Gasteiger partial charge in [-0.1, -0.05) is 12.1 Å². The van der Waals surface area contributed by atoms with Crippen LogP contribution >= 0.6 is 0 Å². The molecule has 0 unspecified atom stereocenters. The molecule has 10 heteroatoms. The van der Waals surface area contributed by atoms with E-state index in [9.17, 15) is 14.9 Å². The van der Waals surface area contributed by atoms with Gasteiger partial charge in [0, 0.05) is 38.9 Å². The lowest BCUT2D eigenvalue weighted by molar-refractivity contribution is -0.137. The van der Waals surface area contributed by atoms with Crippen LogP contribution in [-0.4, -0.2) is 59.8 Å². The Morgan fingerprint density at radius 2 is 1.97 bits per heavy atom. The van der Waals surface area contributed by atoms with Crippen molar-refractivity contribution in [2.24, 2.45) is 0 Å². The number of hydrogen-bond acceptors (Lipinski definition) is 9. The van der Waals surface area contributed by atoms with Crippen molar-refractivity contribution in [3.63, 3.8) is 0 Å². The minimum atomic E-state index is -0.766. The normalized spacial score (nSPS) is 15.6. The predicted octanol–water partition coefficient (Wildman–Crippen LogP) is 2.52. The molecule has 190 valence electrons. The first-order valence-corrected chi connectivity index (χ1v) is 12.1. The van der Waals surface area contributed by atoms with Crippen molar-refractivity contribution in [2.75, 3.05) is 44.5 Å². The van der Waals surface area contributed by atoms with Crippen LogP contribution in [0.1, 0.15) is 23.6 Å². The van der Waals surface area contributed by atoms with Gasteiger partial charge in [-0.2, -0.15) is 5.26 Å². The molecule has 1 fully saturated rings. The zero-order valence-corrected chi connectivity index (χ0v) is 20.8. The predicted molar refractivity (Wildman–Crippen MR) is 136 cm³/mol. The summed E-state index contributed by atoms with van der Waals surface area (Å²) < 4.78 is 17.3. The van der Waals surface area contributed by atoms with Gasteiger partial charge in [-0.15, -0.1) is 0 Å². The smallest absolute Gasteiger partial charge is 0.348 e. The summed E-state index contributed by atoms with van der Waals surface area (Å²) in [7, 11) is 0. The van der Waals surface area contributed by atoms with Gasteiger partial charge in [0.05, 0.1) is 12.2 Å². The molecule has 5 rings (SSSR count). The molecule has 0 N–H and O–H groups in total. The largest absolute Gasteiger partial charge is 0.462 e. The van der Waals surface area contributed by atoms with Crippen LogP contribution in [0.4, 0.5) is 5.82 Å². The second-order valence-corrected chi connectivity index (χ2v) is 8.88. The highest BCUT2D eigenvalue weighted by Crippen LogP contribution is 2.33. The molecule has 0 radical (unpaired) electrons. The van der Waals surface area contributed by atoms with Gasteiger partial charge in [-0.05, 0) is 49.2 Å². The number of carbonyl (C=O) groups is 1. The first-order chi connectivity index (χ1) is 18.0. The molecule has 2 aliphatic rings. The summed E-state index contributed by atoms with van der Waals surface area (Å²) in [6, 6.07) is 11.5. The van der Waals surface area contributed by atoms with Crippen LogP contribution < -0.4 is 19.9 Å². The van der Waals surface area contributed by atoms with Crippen LogP contribution in [0.15, 0.2) is 46.9 Å². The van der Waals surface area contributed by atoms with Crippen molar-refractivity contribution in [3.05, 3.63) is 69.1 Å². The number of benzene rings is 1. The van der Waals surface area contributed by atoms with Crippen molar-refractivity contribution in [2.45, 2.75) is 20.4 Å². The van der Waals surface area contributed by atoms with Gasteiger partial charge in [0.25, 0.3) is 5.56 Å². The number of pyridine rings is 1. The third kappa shape index (κ3) is 4.86. The summed E-state index contributed by atoms with van der Waals surface area (Å²) in [6.45, 7) is 7.43. The quantitative estimate of drug-likeness (QED) is 0.286. The van der Waals surface area contributed by atoms with Crippen LogP contribution in [0.2, 0.25) is 0 Å². The Bertz CT molecular complexity index is 1480. The number of anilines is 1. The van der Waals surface area contributed by atoms with Crippen molar-refractivity contribution in [3.8, 4) is 17.6 Å². The summed E-state index contributed by atoms with van der Waals surface area (Å²) >= 11 is 0. The van der Waals surface area contributed by atoms with E-state index in [1.165, 1.54) is 10.5 Å². The summed E-state index contributed by atoms with van der Waals surface area (Å²) in [5.74, 6) is 1.22. The van der Waals surface area contributed by atoms with Gasteiger partial charge >= 0.3 is 5.97 Å². The van der Waals surface area contributed by atoms with Crippen molar-refractivity contribution in [1.82, 2.24) is 14.3 Å². The Morgan fingerprint density at radius 1 is 1.19 bits per heavy atom. The highest BCUT2D eigenvalue weighted by Gasteiger charge is 2.25. The fourth-order valence-corrected chi connectivity index (χ4v) is 4.57. The van der Waals surface area contributed by atoms with Gasteiger partial charge in [-0.25, -0.2) is 9.78 Å². The number of carbonyl (C=O) groups excluding carboxylic acids is 1. The number of aryl methyl sites for hydroxylation is 1. The molecule has 3 aromatic rings. The molecule has 1 aromatic carbocycles. The maximum absolute atomic E-state index is 13.5. The minimum absolute atomic E-state index is 0.129. The van der Waals surface area contributed by atoms with Crippen LogP contribution in [0.5, 0.6) is 11.5 Å². The maximum Gasteiger partial charge on any atom is 0.348 e. The van der Waals surface area contributed by atoms with Gasteiger partial charge in [0.1, 0.15) is 23.1 Å². The number of nitriles is 1. The van der Waals surface area contributed by atoms with E-state index in [2.05, 4.69) is 4.90 Å². The number of esters is 1. The average Bonchev–Trinajstić information content (AvgIpc) is 3.37. The number of hydrogen-bond donors (Lipinski definition) is 0. The lowest BCUT2D eigenvalue weighted by Gasteiger charge is -2.36. The highest BCUT2D eigenvalue weighted by atomic mass is 16.7. The lowest BCUT2D eigenvalue weighted by Crippen LogP contribution is -2.47. The van der Waals surface area contributed by atoms with Crippen LogP contribution in [0, 0.1) is 18.3 Å². The SMILES string of the molecule is CCOC(=O)/C(C#N)=C/c1c(N2CCN(Cc3ccc4c(c3)OCO4)CC2)nc2c(C)cccn2c1=O. The fourth-order valence-electron chi connectivity index (χ4n) is 4.57. The Labute approximate surface area is 213 Å². The Hall–Kier alpha value is -4.36. The number of piperazine rings is 1. The zero-order chi connectivity index (χ0) is 25.9. The average molecular weight is 502 g/mol. The minimum Gasteiger partial charge on any atom is -0.462 e. The van der Waals surface area contributed by atoms with Crippen molar-refractivity contribution in [1.29, 1.82) is 5.26 Å². The third-order valence-corrected chi connectivity index (χ3v) is 6.48. The van der Waals surface area contributed by atoms with Gasteiger partial charge < -0.3 is 19.1 Å². The van der Waals surface area contributed by atoms with Crippen LogP contribution in [-0.2, 0) is 16.1 Å². The standard InChI is InChI=1S/C27H27N5O5/c1-3-35-27(34)20(15-28)14-21-25(29-24-18(2)5-4-8-32(24)26(21)33)31-11-9-30(10-12-31)16-19-6-7-22-23(13-19)37-17-36-22/h4-8,13-14H,3,9-12,16-17H2,1-2H3/b20-14+. The molecule has 2 aliphatic heterocycles. The fraction of sp³-hybridized carbons (Fsp3) is 0.333. The zero-order valence-electron chi connectivity index (χ0n) is 20.8. The molecular formula is C27H27N5O5. The van der Waals surface area contributed by atoms with Crippen molar-refractivity contribution >= 4 is 23.5 Å². The van der Waals surface area contributed by atoms with Crippen LogP contribution in [0.25, 0.3) is 11.7 Å². The molecular weight excluding hydrogens is 474 g/mol. The molecule has 0 bridgehead atoms. The van der Waals surface area contributed by atoms with Gasteiger partial charge in [-0.3, -0.25) is 14.1 Å². The number of fused-ring (bicyclic) bond motifs is 2.